The maximum atomic E-state index is 13.5. The Bertz CT molecular complexity index is 634. The minimum absolute atomic E-state index is 0.112. The van der Waals surface area contributed by atoms with E-state index in [0.717, 1.165) is 23.8 Å². The SMILES string of the molecule is CNC(c1ccccc1C)c1cc(F)ccc1C(F)(F)F. The maximum absolute atomic E-state index is 13.5. The maximum Gasteiger partial charge on any atom is 0.416 e. The summed E-state index contributed by atoms with van der Waals surface area (Å²) in [5.41, 5.74) is 0.594. The third kappa shape index (κ3) is 3.24. The summed E-state index contributed by atoms with van der Waals surface area (Å²) in [6, 6.07) is 8.94. The van der Waals surface area contributed by atoms with E-state index >= 15 is 0 Å². The van der Waals surface area contributed by atoms with Crippen LogP contribution in [0.1, 0.15) is 28.3 Å². The third-order valence-electron chi connectivity index (χ3n) is 3.42. The van der Waals surface area contributed by atoms with Gasteiger partial charge in [0.05, 0.1) is 11.6 Å². The molecule has 112 valence electrons. The molecule has 2 aromatic carbocycles. The van der Waals surface area contributed by atoms with Crippen molar-refractivity contribution >= 4 is 0 Å². The molecule has 0 aliphatic rings. The van der Waals surface area contributed by atoms with Crippen molar-refractivity contribution in [1.29, 1.82) is 0 Å². The molecule has 0 amide bonds. The number of benzene rings is 2. The van der Waals surface area contributed by atoms with Crippen LogP contribution in [0.2, 0.25) is 0 Å². The number of rotatable bonds is 3. The fourth-order valence-corrected chi connectivity index (χ4v) is 2.42. The van der Waals surface area contributed by atoms with Gasteiger partial charge in [0.1, 0.15) is 5.82 Å². The number of nitrogens with one attached hydrogen (secondary N) is 1. The van der Waals surface area contributed by atoms with Crippen LogP contribution in [-0.2, 0) is 6.18 Å². The van der Waals surface area contributed by atoms with Crippen molar-refractivity contribution in [3.63, 3.8) is 0 Å². The summed E-state index contributed by atoms with van der Waals surface area (Å²) in [4.78, 5) is 0. The van der Waals surface area contributed by atoms with Crippen LogP contribution in [-0.4, -0.2) is 7.05 Å². The first-order chi connectivity index (χ1) is 9.84. The van der Waals surface area contributed by atoms with E-state index < -0.39 is 23.6 Å². The lowest BCUT2D eigenvalue weighted by Gasteiger charge is -2.23. The highest BCUT2D eigenvalue weighted by Crippen LogP contribution is 2.37. The molecule has 0 saturated heterocycles. The van der Waals surface area contributed by atoms with Gasteiger partial charge in [0.15, 0.2) is 0 Å². The van der Waals surface area contributed by atoms with Crippen LogP contribution < -0.4 is 5.32 Å². The largest absolute Gasteiger partial charge is 0.416 e. The van der Waals surface area contributed by atoms with Crippen molar-refractivity contribution in [2.45, 2.75) is 19.1 Å². The molecule has 0 radical (unpaired) electrons. The van der Waals surface area contributed by atoms with E-state index in [-0.39, 0.29) is 5.56 Å². The molecule has 1 N–H and O–H groups in total. The molecule has 0 aliphatic heterocycles. The van der Waals surface area contributed by atoms with E-state index in [1.54, 1.807) is 19.2 Å². The van der Waals surface area contributed by atoms with Crippen LogP contribution in [0.3, 0.4) is 0 Å². The van der Waals surface area contributed by atoms with Gasteiger partial charge in [-0.1, -0.05) is 24.3 Å². The number of aryl methyl sites for hydroxylation is 1. The summed E-state index contributed by atoms with van der Waals surface area (Å²) in [6.07, 6.45) is -4.53. The highest BCUT2D eigenvalue weighted by Gasteiger charge is 2.35. The normalized spacial score (nSPS) is 13.2. The smallest absolute Gasteiger partial charge is 0.309 e. The van der Waals surface area contributed by atoms with Crippen molar-refractivity contribution in [1.82, 2.24) is 5.32 Å². The second-order valence-electron chi connectivity index (χ2n) is 4.81. The van der Waals surface area contributed by atoms with Gasteiger partial charge in [0.25, 0.3) is 0 Å². The van der Waals surface area contributed by atoms with Crippen LogP contribution in [0, 0.1) is 12.7 Å². The van der Waals surface area contributed by atoms with Gasteiger partial charge in [-0.2, -0.15) is 13.2 Å². The van der Waals surface area contributed by atoms with Gasteiger partial charge in [0.2, 0.25) is 0 Å². The lowest BCUT2D eigenvalue weighted by Crippen LogP contribution is -2.23. The van der Waals surface area contributed by atoms with Crippen LogP contribution in [0.4, 0.5) is 17.6 Å². The molecule has 21 heavy (non-hydrogen) atoms. The van der Waals surface area contributed by atoms with E-state index in [2.05, 4.69) is 5.32 Å². The van der Waals surface area contributed by atoms with Crippen LogP contribution >= 0.6 is 0 Å². The molecule has 1 nitrogen and oxygen atoms in total. The molecule has 1 unspecified atom stereocenters. The molecule has 2 rings (SSSR count). The molecular formula is C16H15F4N. The van der Waals surface area contributed by atoms with Crippen molar-refractivity contribution in [2.24, 2.45) is 0 Å². The van der Waals surface area contributed by atoms with Crippen molar-refractivity contribution in [3.05, 3.63) is 70.5 Å². The number of hydrogen-bond donors (Lipinski definition) is 1. The molecule has 0 bridgehead atoms. The average molecular weight is 297 g/mol. The lowest BCUT2D eigenvalue weighted by molar-refractivity contribution is -0.138. The molecule has 1 atom stereocenters. The molecule has 5 heteroatoms. The zero-order valence-electron chi connectivity index (χ0n) is 11.6. The monoisotopic (exact) mass is 297 g/mol. The van der Waals surface area contributed by atoms with Gasteiger partial charge in [-0.3, -0.25) is 0 Å². The summed E-state index contributed by atoms with van der Waals surface area (Å²) in [5.74, 6) is -0.688. The number of alkyl halides is 3. The van der Waals surface area contributed by atoms with Crippen LogP contribution in [0.5, 0.6) is 0 Å². The molecule has 0 aliphatic carbocycles. The van der Waals surface area contributed by atoms with Gasteiger partial charge in [0, 0.05) is 0 Å². The second kappa shape index (κ2) is 5.85. The molecule has 0 aromatic heterocycles. The Hall–Kier alpha value is -1.88. The first kappa shape index (κ1) is 15.5. The van der Waals surface area contributed by atoms with Crippen LogP contribution in [0.25, 0.3) is 0 Å². The van der Waals surface area contributed by atoms with Crippen molar-refractivity contribution in [2.75, 3.05) is 7.05 Å². The number of halogens is 4. The van der Waals surface area contributed by atoms with Gasteiger partial charge < -0.3 is 5.32 Å². The summed E-state index contributed by atoms with van der Waals surface area (Å²) < 4.78 is 52.9. The Kier molecular flexibility index (Phi) is 4.32. The van der Waals surface area contributed by atoms with E-state index in [1.165, 1.54) is 0 Å². The topological polar surface area (TPSA) is 12.0 Å². The second-order valence-corrected chi connectivity index (χ2v) is 4.81. The fraction of sp³-hybridized carbons (Fsp3) is 0.250. The molecule has 0 saturated carbocycles. The highest BCUT2D eigenvalue weighted by atomic mass is 19.4. The number of hydrogen-bond acceptors (Lipinski definition) is 1. The minimum atomic E-state index is -4.53. The van der Waals surface area contributed by atoms with Gasteiger partial charge >= 0.3 is 6.18 Å². The molecular weight excluding hydrogens is 282 g/mol. The predicted octanol–water partition coefficient (Wildman–Crippen LogP) is 4.46. The molecule has 0 heterocycles. The lowest BCUT2D eigenvalue weighted by atomic mass is 9.91. The zero-order valence-corrected chi connectivity index (χ0v) is 11.6. The summed E-state index contributed by atoms with van der Waals surface area (Å²) >= 11 is 0. The van der Waals surface area contributed by atoms with E-state index in [1.807, 2.05) is 19.1 Å². The molecule has 2 aromatic rings. The zero-order chi connectivity index (χ0) is 15.6. The van der Waals surface area contributed by atoms with Gasteiger partial charge in [-0.15, -0.1) is 0 Å². The van der Waals surface area contributed by atoms with Crippen LogP contribution in [0.15, 0.2) is 42.5 Å². The van der Waals surface area contributed by atoms with E-state index in [9.17, 15) is 17.6 Å². The standard InChI is InChI=1S/C16H15F4N/c1-10-5-3-4-6-12(10)15(21-2)13-9-11(17)7-8-14(13)16(18,19)20/h3-9,15,21H,1-2H3. The van der Waals surface area contributed by atoms with E-state index in [0.29, 0.717) is 5.56 Å². The Balaban J connectivity index is 2.63. The Morgan fingerprint density at radius 1 is 1.00 bits per heavy atom. The summed E-state index contributed by atoms with van der Waals surface area (Å²) in [7, 11) is 1.56. The molecule has 0 fully saturated rings. The minimum Gasteiger partial charge on any atom is -0.309 e. The summed E-state index contributed by atoms with van der Waals surface area (Å²) in [6.45, 7) is 1.81. The predicted molar refractivity (Wildman–Crippen MR) is 73.5 cm³/mol. The highest BCUT2D eigenvalue weighted by molar-refractivity contribution is 5.42. The first-order valence-electron chi connectivity index (χ1n) is 6.44. The summed E-state index contributed by atoms with van der Waals surface area (Å²) in [5, 5.41) is 2.85. The van der Waals surface area contributed by atoms with Crippen molar-refractivity contribution < 1.29 is 17.6 Å². The van der Waals surface area contributed by atoms with Gasteiger partial charge in [-0.25, -0.2) is 4.39 Å². The van der Waals surface area contributed by atoms with Crippen molar-refractivity contribution in [3.8, 4) is 0 Å². The first-order valence-corrected chi connectivity index (χ1v) is 6.44. The Labute approximate surface area is 120 Å². The molecule has 0 spiro atoms. The third-order valence-corrected chi connectivity index (χ3v) is 3.42. The quantitative estimate of drug-likeness (QED) is 0.825. The van der Waals surface area contributed by atoms with Gasteiger partial charge in [-0.05, 0) is 48.9 Å². The fourth-order valence-electron chi connectivity index (χ4n) is 2.42. The Morgan fingerprint density at radius 2 is 1.67 bits per heavy atom. The van der Waals surface area contributed by atoms with E-state index in [4.69, 9.17) is 0 Å². The Morgan fingerprint density at radius 3 is 2.24 bits per heavy atom. The average Bonchev–Trinajstić information content (AvgIpc) is 2.40.